The van der Waals surface area contributed by atoms with Crippen LogP contribution in [0.4, 0.5) is 11.4 Å². The zero-order valence-corrected chi connectivity index (χ0v) is 14.1. The van der Waals surface area contributed by atoms with Crippen molar-refractivity contribution in [2.45, 2.75) is 6.92 Å². The van der Waals surface area contributed by atoms with Crippen molar-refractivity contribution in [1.29, 1.82) is 0 Å². The number of ether oxygens (including phenoxy) is 1. The normalized spacial score (nSPS) is 10.4. The van der Waals surface area contributed by atoms with Gasteiger partial charge in [-0.1, -0.05) is 18.2 Å². The molecule has 3 rings (SSSR count). The Labute approximate surface area is 149 Å². The highest BCUT2D eigenvalue weighted by Crippen LogP contribution is 2.26. The number of aryl methyl sites for hydroxylation is 1. The maximum atomic E-state index is 12.4. The average molecular weight is 352 g/mol. The number of carbonyl (C=O) groups is 1. The first-order valence-corrected chi connectivity index (χ1v) is 7.74. The number of rotatable bonds is 5. The first kappa shape index (κ1) is 17.2. The summed E-state index contributed by atoms with van der Waals surface area (Å²) in [5.74, 6) is 0.158. The maximum absolute atomic E-state index is 12.4. The van der Waals surface area contributed by atoms with Crippen LogP contribution in [0, 0.1) is 17.0 Å². The molecule has 0 radical (unpaired) electrons. The van der Waals surface area contributed by atoms with Gasteiger partial charge in [0.05, 0.1) is 17.7 Å². The van der Waals surface area contributed by atoms with Crippen molar-refractivity contribution in [3.8, 4) is 17.0 Å². The number of carbonyl (C=O) groups excluding carboxylic acids is 1. The molecule has 0 bridgehead atoms. The topological polar surface area (TPSA) is 110 Å². The van der Waals surface area contributed by atoms with E-state index in [-0.39, 0.29) is 17.1 Å². The van der Waals surface area contributed by atoms with Gasteiger partial charge in [0, 0.05) is 11.6 Å². The van der Waals surface area contributed by atoms with Crippen LogP contribution in [0.25, 0.3) is 11.3 Å². The summed E-state index contributed by atoms with van der Waals surface area (Å²) in [5, 5.41) is 20.5. The first-order chi connectivity index (χ1) is 12.5. The molecule has 1 amide bonds. The summed E-state index contributed by atoms with van der Waals surface area (Å²) in [5.41, 5.74) is 2.23. The fourth-order valence-electron chi connectivity index (χ4n) is 2.46. The molecule has 0 saturated carbocycles. The minimum atomic E-state index is -0.531. The van der Waals surface area contributed by atoms with E-state index < -0.39 is 10.8 Å². The first-order valence-electron chi connectivity index (χ1n) is 7.74. The summed E-state index contributed by atoms with van der Waals surface area (Å²) in [4.78, 5) is 23.0. The van der Waals surface area contributed by atoms with Crippen LogP contribution in [-0.2, 0) is 0 Å². The lowest BCUT2D eigenvalue weighted by Crippen LogP contribution is -2.13. The Morgan fingerprint density at radius 3 is 2.77 bits per heavy atom. The van der Waals surface area contributed by atoms with E-state index in [0.29, 0.717) is 11.4 Å². The second kappa shape index (κ2) is 7.06. The number of nitro groups is 1. The highest BCUT2D eigenvalue weighted by Gasteiger charge is 2.18. The van der Waals surface area contributed by atoms with Crippen LogP contribution in [0.15, 0.2) is 48.5 Å². The Morgan fingerprint density at radius 1 is 1.23 bits per heavy atom. The third kappa shape index (κ3) is 3.54. The van der Waals surface area contributed by atoms with Crippen molar-refractivity contribution < 1.29 is 14.5 Å². The smallest absolute Gasteiger partial charge is 0.293 e. The van der Waals surface area contributed by atoms with Gasteiger partial charge in [-0.15, -0.1) is 0 Å². The number of H-pyrrole nitrogens is 1. The number of hydrogen-bond acceptors (Lipinski definition) is 5. The van der Waals surface area contributed by atoms with Crippen LogP contribution in [0.1, 0.15) is 16.1 Å². The molecule has 2 aromatic carbocycles. The van der Waals surface area contributed by atoms with Gasteiger partial charge >= 0.3 is 0 Å². The summed E-state index contributed by atoms with van der Waals surface area (Å²) in [6.07, 6.45) is 0. The maximum Gasteiger partial charge on any atom is 0.293 e. The van der Waals surface area contributed by atoms with Crippen molar-refractivity contribution in [3.63, 3.8) is 0 Å². The van der Waals surface area contributed by atoms with Crippen LogP contribution < -0.4 is 10.1 Å². The molecule has 26 heavy (non-hydrogen) atoms. The molecule has 1 aromatic heterocycles. The zero-order chi connectivity index (χ0) is 18.7. The molecule has 0 unspecified atom stereocenters. The van der Waals surface area contributed by atoms with E-state index in [2.05, 4.69) is 15.5 Å². The van der Waals surface area contributed by atoms with Gasteiger partial charge < -0.3 is 10.1 Å². The number of nitro benzene ring substituents is 1. The SMILES string of the molecule is COc1cccc(-c2cc(C(=O)Nc3ccc(C)cc3[N+](=O)[O-])[nH]n2)c1. The molecule has 0 aliphatic carbocycles. The van der Waals surface area contributed by atoms with Crippen LogP contribution >= 0.6 is 0 Å². The van der Waals surface area contributed by atoms with Crippen molar-refractivity contribution in [2.75, 3.05) is 12.4 Å². The van der Waals surface area contributed by atoms with Crippen LogP contribution in [0.2, 0.25) is 0 Å². The van der Waals surface area contributed by atoms with Crippen LogP contribution in [0.3, 0.4) is 0 Å². The van der Waals surface area contributed by atoms with Gasteiger partial charge in [-0.2, -0.15) is 5.10 Å². The average Bonchev–Trinajstić information content (AvgIpc) is 3.13. The van der Waals surface area contributed by atoms with Crippen molar-refractivity contribution in [3.05, 3.63) is 69.9 Å². The minimum absolute atomic E-state index is 0.128. The lowest BCUT2D eigenvalue weighted by Gasteiger charge is -2.05. The fourth-order valence-corrected chi connectivity index (χ4v) is 2.46. The number of nitrogens with zero attached hydrogens (tertiary/aromatic N) is 2. The number of anilines is 1. The molecule has 2 N–H and O–H groups in total. The molecule has 0 fully saturated rings. The summed E-state index contributed by atoms with van der Waals surface area (Å²) in [6.45, 7) is 1.74. The highest BCUT2D eigenvalue weighted by atomic mass is 16.6. The second-order valence-corrected chi connectivity index (χ2v) is 5.63. The number of methoxy groups -OCH3 is 1. The Balaban J connectivity index is 1.84. The number of nitrogens with one attached hydrogen (secondary N) is 2. The Kier molecular flexibility index (Phi) is 4.66. The largest absolute Gasteiger partial charge is 0.497 e. The van der Waals surface area contributed by atoms with E-state index in [1.807, 2.05) is 12.1 Å². The third-order valence-electron chi connectivity index (χ3n) is 3.79. The van der Waals surface area contributed by atoms with Gasteiger partial charge in [-0.3, -0.25) is 20.0 Å². The third-order valence-corrected chi connectivity index (χ3v) is 3.79. The number of aromatic amines is 1. The predicted molar refractivity (Wildman–Crippen MR) is 96.4 cm³/mol. The fraction of sp³-hybridized carbons (Fsp3) is 0.111. The molecule has 8 heteroatoms. The van der Waals surface area contributed by atoms with Crippen molar-refractivity contribution in [2.24, 2.45) is 0 Å². The van der Waals surface area contributed by atoms with Gasteiger partial charge in [-0.05, 0) is 36.8 Å². The van der Waals surface area contributed by atoms with Gasteiger partial charge in [0.2, 0.25) is 0 Å². The Hall–Kier alpha value is -3.68. The number of amides is 1. The quantitative estimate of drug-likeness (QED) is 0.539. The molecule has 1 heterocycles. The van der Waals surface area contributed by atoms with E-state index in [1.54, 1.807) is 38.3 Å². The van der Waals surface area contributed by atoms with Gasteiger partial charge in [0.15, 0.2) is 0 Å². The lowest BCUT2D eigenvalue weighted by molar-refractivity contribution is -0.384. The molecule has 0 aliphatic rings. The monoisotopic (exact) mass is 352 g/mol. The molecule has 3 aromatic rings. The zero-order valence-electron chi connectivity index (χ0n) is 14.1. The molecule has 0 saturated heterocycles. The number of aromatic nitrogens is 2. The summed E-state index contributed by atoms with van der Waals surface area (Å²) in [7, 11) is 1.57. The van der Waals surface area contributed by atoms with E-state index in [4.69, 9.17) is 4.74 Å². The summed E-state index contributed by atoms with van der Waals surface area (Å²) < 4.78 is 5.17. The van der Waals surface area contributed by atoms with Crippen molar-refractivity contribution >= 4 is 17.3 Å². The van der Waals surface area contributed by atoms with E-state index >= 15 is 0 Å². The summed E-state index contributed by atoms with van der Waals surface area (Å²) >= 11 is 0. The number of hydrogen-bond donors (Lipinski definition) is 2. The van der Waals surface area contributed by atoms with Gasteiger partial charge in [-0.25, -0.2) is 0 Å². The summed E-state index contributed by atoms with van der Waals surface area (Å²) in [6, 6.07) is 13.4. The molecule has 132 valence electrons. The van der Waals surface area contributed by atoms with Gasteiger partial charge in [0.1, 0.15) is 17.1 Å². The van der Waals surface area contributed by atoms with Crippen LogP contribution in [0.5, 0.6) is 5.75 Å². The lowest BCUT2D eigenvalue weighted by atomic mass is 10.1. The van der Waals surface area contributed by atoms with Gasteiger partial charge in [0.25, 0.3) is 11.6 Å². The predicted octanol–water partition coefficient (Wildman–Crippen LogP) is 3.55. The van der Waals surface area contributed by atoms with Crippen molar-refractivity contribution in [1.82, 2.24) is 10.2 Å². The Morgan fingerprint density at radius 2 is 2.04 bits per heavy atom. The molecule has 0 spiro atoms. The standard InChI is InChI=1S/C18H16N4O4/c1-11-6-7-14(17(8-11)22(24)25)19-18(23)16-10-15(20-21-16)12-4-3-5-13(9-12)26-2/h3-10H,1-2H3,(H,19,23)(H,20,21). The second-order valence-electron chi connectivity index (χ2n) is 5.63. The molecular formula is C18H16N4O4. The number of benzene rings is 2. The van der Waals surface area contributed by atoms with E-state index in [9.17, 15) is 14.9 Å². The van der Waals surface area contributed by atoms with E-state index in [1.165, 1.54) is 12.1 Å². The molecular weight excluding hydrogens is 336 g/mol. The molecule has 8 nitrogen and oxygen atoms in total. The minimum Gasteiger partial charge on any atom is -0.497 e. The Bertz CT molecular complexity index is 981. The highest BCUT2D eigenvalue weighted by molar-refractivity contribution is 6.04. The molecule has 0 atom stereocenters. The van der Waals surface area contributed by atoms with E-state index in [0.717, 1.165) is 11.1 Å². The molecule has 0 aliphatic heterocycles. The van der Waals surface area contributed by atoms with Crippen LogP contribution in [-0.4, -0.2) is 28.1 Å².